The lowest BCUT2D eigenvalue weighted by Gasteiger charge is -2.18. The van der Waals surface area contributed by atoms with E-state index in [-0.39, 0.29) is 17.6 Å². The van der Waals surface area contributed by atoms with Crippen LogP contribution in [0.2, 0.25) is 0 Å². The Morgan fingerprint density at radius 2 is 2.00 bits per heavy atom. The van der Waals surface area contributed by atoms with E-state index in [0.29, 0.717) is 31.2 Å². The molecule has 1 atom stereocenters. The molecule has 5 heteroatoms. The van der Waals surface area contributed by atoms with Crippen molar-refractivity contribution in [3.63, 3.8) is 0 Å². The minimum Gasteiger partial charge on any atom is -0.478 e. The topological polar surface area (TPSA) is 66.8 Å². The van der Waals surface area contributed by atoms with Gasteiger partial charge in [-0.2, -0.15) is 0 Å². The molecule has 0 radical (unpaired) electrons. The summed E-state index contributed by atoms with van der Waals surface area (Å²) < 4.78 is 5.78. The van der Waals surface area contributed by atoms with Gasteiger partial charge in [-0.15, -0.1) is 0 Å². The van der Waals surface area contributed by atoms with E-state index in [0.717, 1.165) is 12.0 Å². The quantitative estimate of drug-likeness (QED) is 0.908. The summed E-state index contributed by atoms with van der Waals surface area (Å²) in [7, 11) is 0. The molecule has 0 spiro atoms. The lowest BCUT2D eigenvalue weighted by Crippen LogP contribution is -2.30. The van der Waals surface area contributed by atoms with Gasteiger partial charge in [0.25, 0.3) is 5.91 Å². The normalized spacial score (nSPS) is 18.0. The van der Waals surface area contributed by atoms with Gasteiger partial charge in [0.1, 0.15) is 0 Å². The van der Waals surface area contributed by atoms with Crippen LogP contribution in [0.25, 0.3) is 0 Å². The summed E-state index contributed by atoms with van der Waals surface area (Å²) in [5.74, 6) is -0.668. The highest BCUT2D eigenvalue weighted by Gasteiger charge is 2.28. The molecule has 0 aromatic heterocycles. The molecule has 1 aliphatic rings. The molecule has 22 heavy (non-hydrogen) atoms. The molecule has 1 N–H and O–H groups in total. The number of hydrogen-bond acceptors (Lipinski definition) is 3. The van der Waals surface area contributed by atoms with E-state index in [1.807, 2.05) is 0 Å². The molecular formula is C17H23NO4. The molecule has 120 valence electrons. The van der Waals surface area contributed by atoms with Crippen molar-refractivity contribution in [3.05, 3.63) is 34.9 Å². The third kappa shape index (κ3) is 4.07. The largest absolute Gasteiger partial charge is 0.478 e. The number of ether oxygens (including phenoxy) is 1. The van der Waals surface area contributed by atoms with Gasteiger partial charge in [0.15, 0.2) is 0 Å². The van der Waals surface area contributed by atoms with E-state index in [1.54, 1.807) is 24.0 Å². The molecule has 0 bridgehead atoms. The van der Waals surface area contributed by atoms with Crippen LogP contribution in [0.1, 0.15) is 46.5 Å². The maximum absolute atomic E-state index is 12.5. The first-order valence-corrected chi connectivity index (χ1v) is 7.62. The molecule has 1 fully saturated rings. The van der Waals surface area contributed by atoms with Crippen molar-refractivity contribution in [3.8, 4) is 0 Å². The molecule has 0 saturated carbocycles. The number of nitrogens with zero attached hydrogens (tertiary/aromatic N) is 1. The molecule has 1 heterocycles. The van der Waals surface area contributed by atoms with Gasteiger partial charge in [0.2, 0.25) is 0 Å². The van der Waals surface area contributed by atoms with Crippen molar-refractivity contribution >= 4 is 11.9 Å². The zero-order valence-electron chi connectivity index (χ0n) is 13.3. The molecule has 5 nitrogen and oxygen atoms in total. The number of rotatable bonds is 5. The Hall–Kier alpha value is -1.88. The maximum Gasteiger partial charge on any atom is 0.335 e. The van der Waals surface area contributed by atoms with Crippen LogP contribution in [-0.4, -0.2) is 47.7 Å². The average molecular weight is 305 g/mol. The van der Waals surface area contributed by atoms with E-state index in [2.05, 4.69) is 13.8 Å². The van der Waals surface area contributed by atoms with E-state index in [9.17, 15) is 9.59 Å². The number of amides is 1. The molecule has 0 aliphatic carbocycles. The number of carboxylic acids is 1. The van der Waals surface area contributed by atoms with Crippen LogP contribution >= 0.6 is 0 Å². The molecule has 1 aliphatic heterocycles. The highest BCUT2D eigenvalue weighted by Crippen LogP contribution is 2.18. The van der Waals surface area contributed by atoms with Crippen molar-refractivity contribution in [1.82, 2.24) is 4.90 Å². The van der Waals surface area contributed by atoms with Gasteiger partial charge in [0, 0.05) is 25.3 Å². The lowest BCUT2D eigenvalue weighted by molar-refractivity contribution is 0.0396. The Balaban J connectivity index is 2.05. The summed E-state index contributed by atoms with van der Waals surface area (Å²) in [5, 5.41) is 9.10. The standard InChI is InChI=1S/C17H23NO4/c1-11(2)10-22-15-4-5-18(9-15)16(19)13-6-12(3)7-14(8-13)17(20)21/h6-8,11,15H,4-5,9-10H2,1-3H3,(H,20,21). The van der Waals surface area contributed by atoms with Crippen LogP contribution in [0.15, 0.2) is 18.2 Å². The number of likely N-dealkylation sites (tertiary alicyclic amines) is 1. The number of carboxylic acid groups (broad SMARTS) is 1. The van der Waals surface area contributed by atoms with Crippen LogP contribution < -0.4 is 0 Å². The predicted octanol–water partition coefficient (Wildman–Crippen LogP) is 2.58. The Kier molecular flexibility index (Phi) is 5.19. The first-order valence-electron chi connectivity index (χ1n) is 7.62. The Bertz CT molecular complexity index is 568. The Morgan fingerprint density at radius 1 is 1.32 bits per heavy atom. The fourth-order valence-electron chi connectivity index (χ4n) is 2.59. The Labute approximate surface area is 130 Å². The van der Waals surface area contributed by atoms with Gasteiger partial charge in [-0.25, -0.2) is 4.79 Å². The van der Waals surface area contributed by atoms with Crippen molar-refractivity contribution in [1.29, 1.82) is 0 Å². The van der Waals surface area contributed by atoms with Crippen LogP contribution in [0, 0.1) is 12.8 Å². The summed E-state index contributed by atoms with van der Waals surface area (Å²) in [6, 6.07) is 4.74. The molecule has 1 unspecified atom stereocenters. The lowest BCUT2D eigenvalue weighted by atomic mass is 10.1. The van der Waals surface area contributed by atoms with Gasteiger partial charge >= 0.3 is 5.97 Å². The van der Waals surface area contributed by atoms with Gasteiger partial charge in [-0.1, -0.05) is 13.8 Å². The van der Waals surface area contributed by atoms with Gasteiger partial charge in [-0.05, 0) is 43.0 Å². The molecule has 2 rings (SSSR count). The second-order valence-corrected chi connectivity index (χ2v) is 6.28. The van der Waals surface area contributed by atoms with Crippen LogP contribution in [0.4, 0.5) is 0 Å². The number of aromatic carboxylic acids is 1. The van der Waals surface area contributed by atoms with Crippen molar-refractivity contribution in [2.45, 2.75) is 33.3 Å². The second-order valence-electron chi connectivity index (χ2n) is 6.28. The van der Waals surface area contributed by atoms with Crippen LogP contribution in [0.5, 0.6) is 0 Å². The van der Waals surface area contributed by atoms with Crippen molar-refractivity contribution < 1.29 is 19.4 Å². The van der Waals surface area contributed by atoms with Crippen LogP contribution in [-0.2, 0) is 4.74 Å². The predicted molar refractivity (Wildman–Crippen MR) is 83.2 cm³/mol. The minimum absolute atomic E-state index is 0.0788. The van der Waals surface area contributed by atoms with Gasteiger partial charge < -0.3 is 14.7 Å². The van der Waals surface area contributed by atoms with E-state index < -0.39 is 5.97 Å². The summed E-state index contributed by atoms with van der Waals surface area (Å²) in [6.07, 6.45) is 0.908. The van der Waals surface area contributed by atoms with Gasteiger partial charge in [0.05, 0.1) is 11.7 Å². The SMILES string of the molecule is Cc1cc(C(=O)O)cc(C(=O)N2CCC(OCC(C)C)C2)c1. The van der Waals surface area contributed by atoms with E-state index in [1.165, 1.54) is 6.07 Å². The summed E-state index contributed by atoms with van der Waals surface area (Å²) in [5.41, 5.74) is 1.35. The zero-order valence-corrected chi connectivity index (χ0v) is 13.3. The van der Waals surface area contributed by atoms with Crippen molar-refractivity contribution in [2.24, 2.45) is 5.92 Å². The molecule has 1 aromatic carbocycles. The minimum atomic E-state index is -1.02. The fourth-order valence-corrected chi connectivity index (χ4v) is 2.59. The van der Waals surface area contributed by atoms with Crippen LogP contribution in [0.3, 0.4) is 0 Å². The molecular weight excluding hydrogens is 282 g/mol. The van der Waals surface area contributed by atoms with E-state index >= 15 is 0 Å². The average Bonchev–Trinajstić information content (AvgIpc) is 2.92. The molecule has 1 aromatic rings. The molecule has 1 saturated heterocycles. The smallest absolute Gasteiger partial charge is 0.335 e. The first-order chi connectivity index (χ1) is 10.4. The number of aryl methyl sites for hydroxylation is 1. The fraction of sp³-hybridized carbons (Fsp3) is 0.529. The monoisotopic (exact) mass is 305 g/mol. The summed E-state index contributed by atoms with van der Waals surface area (Å²) in [4.78, 5) is 25.4. The maximum atomic E-state index is 12.5. The number of carbonyl (C=O) groups is 2. The second kappa shape index (κ2) is 6.92. The number of hydrogen-bond donors (Lipinski definition) is 1. The molecule has 1 amide bonds. The highest BCUT2D eigenvalue weighted by atomic mass is 16.5. The number of benzene rings is 1. The third-order valence-electron chi connectivity index (χ3n) is 3.67. The van der Waals surface area contributed by atoms with E-state index in [4.69, 9.17) is 9.84 Å². The van der Waals surface area contributed by atoms with Gasteiger partial charge in [-0.3, -0.25) is 4.79 Å². The van der Waals surface area contributed by atoms with Crippen molar-refractivity contribution in [2.75, 3.05) is 19.7 Å². The third-order valence-corrected chi connectivity index (χ3v) is 3.67. The Morgan fingerprint density at radius 3 is 2.64 bits per heavy atom. The number of carbonyl (C=O) groups excluding carboxylic acids is 1. The summed E-state index contributed by atoms with van der Waals surface area (Å²) >= 11 is 0. The first kappa shape index (κ1) is 16.5. The zero-order chi connectivity index (χ0) is 16.3. The summed E-state index contributed by atoms with van der Waals surface area (Å²) in [6.45, 7) is 7.90. The highest BCUT2D eigenvalue weighted by molar-refractivity contribution is 5.98.